The summed E-state index contributed by atoms with van der Waals surface area (Å²) < 4.78 is 11.1. The van der Waals surface area contributed by atoms with Crippen LogP contribution < -0.4 is 16.0 Å². The fourth-order valence-corrected chi connectivity index (χ4v) is 2.63. The number of ether oxygens (including phenoxy) is 2. The number of halogens is 1. The molecule has 1 saturated heterocycles. The van der Waals surface area contributed by atoms with Gasteiger partial charge in [0.1, 0.15) is 5.75 Å². The fourth-order valence-electron chi connectivity index (χ4n) is 2.45. The van der Waals surface area contributed by atoms with Crippen LogP contribution in [0.15, 0.2) is 18.2 Å². The van der Waals surface area contributed by atoms with E-state index < -0.39 is 0 Å². The van der Waals surface area contributed by atoms with E-state index in [0.29, 0.717) is 10.9 Å². The zero-order valence-corrected chi connectivity index (χ0v) is 11.4. The number of benzene rings is 1. The van der Waals surface area contributed by atoms with Crippen LogP contribution in [-0.4, -0.2) is 19.8 Å². The van der Waals surface area contributed by atoms with Crippen LogP contribution in [0.2, 0.25) is 5.02 Å². The predicted octanol–water partition coefficient (Wildman–Crippen LogP) is 2.28. The molecule has 2 rings (SSSR count). The van der Waals surface area contributed by atoms with Crippen LogP contribution in [0.25, 0.3) is 0 Å². The Morgan fingerprint density at radius 1 is 1.56 bits per heavy atom. The van der Waals surface area contributed by atoms with E-state index in [1.165, 1.54) is 0 Å². The highest BCUT2D eigenvalue weighted by molar-refractivity contribution is 6.30. The Morgan fingerprint density at radius 2 is 2.33 bits per heavy atom. The van der Waals surface area contributed by atoms with Crippen LogP contribution in [-0.2, 0) is 4.74 Å². The quantitative estimate of drug-likeness (QED) is 0.651. The Bertz CT molecular complexity index is 414. The molecule has 3 N–H and O–H groups in total. The second kappa shape index (κ2) is 5.89. The minimum Gasteiger partial charge on any atom is -0.496 e. The molecule has 100 valence electrons. The molecule has 1 aromatic rings. The zero-order valence-electron chi connectivity index (χ0n) is 10.7. The van der Waals surface area contributed by atoms with Gasteiger partial charge in [0.2, 0.25) is 0 Å². The van der Waals surface area contributed by atoms with Crippen molar-refractivity contribution in [1.82, 2.24) is 5.43 Å². The lowest BCUT2D eigenvalue weighted by molar-refractivity contribution is 0.0599. The van der Waals surface area contributed by atoms with Crippen molar-refractivity contribution in [3.63, 3.8) is 0 Å². The summed E-state index contributed by atoms with van der Waals surface area (Å²) in [6.45, 7) is 2.94. The van der Waals surface area contributed by atoms with Crippen molar-refractivity contribution in [3.05, 3.63) is 28.8 Å². The number of hydrogen-bond acceptors (Lipinski definition) is 4. The van der Waals surface area contributed by atoms with E-state index in [2.05, 4.69) is 12.3 Å². The van der Waals surface area contributed by atoms with Crippen LogP contribution in [0.4, 0.5) is 0 Å². The summed E-state index contributed by atoms with van der Waals surface area (Å²) in [5.41, 5.74) is 3.77. The van der Waals surface area contributed by atoms with Crippen molar-refractivity contribution in [2.75, 3.05) is 13.7 Å². The first-order valence-electron chi connectivity index (χ1n) is 6.08. The monoisotopic (exact) mass is 270 g/mol. The molecule has 3 unspecified atom stereocenters. The van der Waals surface area contributed by atoms with Gasteiger partial charge in [0.15, 0.2) is 0 Å². The Kier molecular flexibility index (Phi) is 4.45. The molecule has 0 aromatic heterocycles. The second-order valence-corrected chi connectivity index (χ2v) is 5.07. The van der Waals surface area contributed by atoms with Crippen LogP contribution in [0.5, 0.6) is 5.75 Å². The molecule has 1 aliphatic heterocycles. The third kappa shape index (κ3) is 2.62. The van der Waals surface area contributed by atoms with Gasteiger partial charge in [-0.2, -0.15) is 0 Å². The van der Waals surface area contributed by atoms with Crippen LogP contribution in [0.1, 0.15) is 24.9 Å². The van der Waals surface area contributed by atoms with Crippen LogP contribution in [0, 0.1) is 5.92 Å². The SMILES string of the molecule is COc1ccc(Cl)cc1C(NN)C1OCCC1C. The van der Waals surface area contributed by atoms with Crippen molar-refractivity contribution < 1.29 is 9.47 Å². The molecule has 0 amide bonds. The Labute approximate surface area is 112 Å². The molecule has 0 spiro atoms. The number of hydrogen-bond donors (Lipinski definition) is 2. The standard InChI is InChI=1S/C13H19ClN2O2/c1-8-5-6-18-13(8)12(16-15)10-7-9(14)3-4-11(10)17-2/h3-4,7-8,12-13,16H,5-6,15H2,1-2H3. The maximum absolute atomic E-state index is 6.05. The Morgan fingerprint density at radius 3 is 2.89 bits per heavy atom. The molecule has 0 bridgehead atoms. The van der Waals surface area contributed by atoms with Gasteiger partial charge in [-0.3, -0.25) is 11.3 Å². The van der Waals surface area contributed by atoms with Crippen LogP contribution in [0.3, 0.4) is 0 Å². The van der Waals surface area contributed by atoms with Crippen LogP contribution >= 0.6 is 11.6 Å². The molecule has 1 aromatic carbocycles. The largest absolute Gasteiger partial charge is 0.496 e. The molecular weight excluding hydrogens is 252 g/mol. The van der Waals surface area contributed by atoms with Gasteiger partial charge in [0.05, 0.1) is 19.3 Å². The number of methoxy groups -OCH3 is 1. The molecule has 1 heterocycles. The van der Waals surface area contributed by atoms with Crippen molar-refractivity contribution in [3.8, 4) is 5.75 Å². The Hall–Kier alpha value is -0.810. The Balaban J connectivity index is 2.34. The third-order valence-electron chi connectivity index (χ3n) is 3.48. The first-order chi connectivity index (χ1) is 8.67. The van der Waals surface area contributed by atoms with E-state index in [1.807, 2.05) is 12.1 Å². The summed E-state index contributed by atoms with van der Waals surface area (Å²) in [6.07, 6.45) is 1.09. The van der Waals surface area contributed by atoms with Gasteiger partial charge in [-0.15, -0.1) is 0 Å². The van der Waals surface area contributed by atoms with E-state index in [0.717, 1.165) is 24.3 Å². The number of rotatable bonds is 4. The first-order valence-corrected chi connectivity index (χ1v) is 6.46. The average Bonchev–Trinajstić information content (AvgIpc) is 2.77. The lowest BCUT2D eigenvalue weighted by atomic mass is 9.92. The topological polar surface area (TPSA) is 56.5 Å². The van der Waals surface area contributed by atoms with E-state index >= 15 is 0 Å². The highest BCUT2D eigenvalue weighted by Crippen LogP contribution is 2.36. The molecule has 0 aliphatic carbocycles. The summed E-state index contributed by atoms with van der Waals surface area (Å²) in [7, 11) is 1.64. The fraction of sp³-hybridized carbons (Fsp3) is 0.538. The average molecular weight is 271 g/mol. The normalized spacial score (nSPS) is 25.1. The van der Waals surface area contributed by atoms with E-state index in [-0.39, 0.29) is 12.1 Å². The molecule has 18 heavy (non-hydrogen) atoms. The highest BCUT2D eigenvalue weighted by Gasteiger charge is 2.34. The van der Waals surface area contributed by atoms with E-state index in [4.69, 9.17) is 26.9 Å². The van der Waals surface area contributed by atoms with E-state index in [9.17, 15) is 0 Å². The summed E-state index contributed by atoms with van der Waals surface area (Å²) >= 11 is 6.05. The van der Waals surface area contributed by atoms with Crippen molar-refractivity contribution >= 4 is 11.6 Å². The lowest BCUT2D eigenvalue weighted by Crippen LogP contribution is -2.38. The number of hydrazine groups is 1. The number of nitrogens with two attached hydrogens (primary N) is 1. The molecule has 0 radical (unpaired) electrons. The van der Waals surface area contributed by atoms with Crippen molar-refractivity contribution in [1.29, 1.82) is 0 Å². The molecule has 4 nitrogen and oxygen atoms in total. The third-order valence-corrected chi connectivity index (χ3v) is 3.71. The van der Waals surface area contributed by atoms with E-state index in [1.54, 1.807) is 13.2 Å². The molecule has 3 atom stereocenters. The number of nitrogens with one attached hydrogen (secondary N) is 1. The van der Waals surface area contributed by atoms with Gasteiger partial charge < -0.3 is 9.47 Å². The summed E-state index contributed by atoms with van der Waals surface area (Å²) in [5.74, 6) is 6.91. The smallest absolute Gasteiger partial charge is 0.123 e. The molecule has 5 heteroatoms. The van der Waals surface area contributed by atoms with Gasteiger partial charge in [0.25, 0.3) is 0 Å². The van der Waals surface area contributed by atoms with Gasteiger partial charge in [-0.05, 0) is 30.5 Å². The minimum absolute atomic E-state index is 0.0439. The van der Waals surface area contributed by atoms with Crippen molar-refractivity contribution in [2.24, 2.45) is 11.8 Å². The van der Waals surface area contributed by atoms with Crippen molar-refractivity contribution in [2.45, 2.75) is 25.5 Å². The predicted molar refractivity (Wildman–Crippen MR) is 71.6 cm³/mol. The second-order valence-electron chi connectivity index (χ2n) is 4.63. The lowest BCUT2D eigenvalue weighted by Gasteiger charge is -2.27. The molecular formula is C13H19ClN2O2. The zero-order chi connectivity index (χ0) is 13.1. The minimum atomic E-state index is -0.115. The first kappa shape index (κ1) is 13.6. The summed E-state index contributed by atoms with van der Waals surface area (Å²) in [5, 5.41) is 0.664. The maximum atomic E-state index is 6.05. The highest BCUT2D eigenvalue weighted by atomic mass is 35.5. The molecule has 0 saturated carbocycles. The van der Waals surface area contributed by atoms with Gasteiger partial charge >= 0.3 is 0 Å². The van der Waals surface area contributed by atoms with Gasteiger partial charge in [-0.1, -0.05) is 18.5 Å². The van der Waals surface area contributed by atoms with Gasteiger partial charge in [0, 0.05) is 17.2 Å². The molecule has 1 aliphatic rings. The maximum Gasteiger partial charge on any atom is 0.123 e. The molecule has 1 fully saturated rings. The summed E-state index contributed by atoms with van der Waals surface area (Å²) in [6, 6.07) is 5.41. The summed E-state index contributed by atoms with van der Waals surface area (Å²) in [4.78, 5) is 0. The van der Waals surface area contributed by atoms with Gasteiger partial charge in [-0.25, -0.2) is 0 Å².